The van der Waals surface area contributed by atoms with Crippen LogP contribution in [-0.4, -0.2) is 55.8 Å². The van der Waals surface area contributed by atoms with Crippen LogP contribution in [0.25, 0.3) is 11.2 Å². The molecule has 25 heavy (non-hydrogen) atoms. The van der Waals surface area contributed by atoms with Crippen LogP contribution in [0.4, 0.5) is 0 Å². The van der Waals surface area contributed by atoms with E-state index in [1.54, 1.807) is 16.5 Å². The molecule has 0 aromatic carbocycles. The molecule has 9 heteroatoms. The van der Waals surface area contributed by atoms with Crippen LogP contribution in [0.1, 0.15) is 19.9 Å². The Morgan fingerprint density at radius 2 is 1.80 bits per heavy atom. The number of amides is 1. The average molecular weight is 349 g/mol. The summed E-state index contributed by atoms with van der Waals surface area (Å²) in [6.07, 6.45) is 1.48. The van der Waals surface area contributed by atoms with Crippen LogP contribution in [0.15, 0.2) is 15.9 Å². The zero-order valence-corrected chi connectivity index (χ0v) is 14.9. The molecule has 3 heterocycles. The Labute approximate surface area is 144 Å². The Balaban J connectivity index is 2.16. The lowest BCUT2D eigenvalue weighted by molar-refractivity contribution is -0.140. The molecule has 2 aromatic rings. The van der Waals surface area contributed by atoms with Crippen LogP contribution in [-0.2, 0) is 23.6 Å². The van der Waals surface area contributed by atoms with Gasteiger partial charge in [0.15, 0.2) is 11.2 Å². The molecule has 1 aliphatic rings. The number of imidazole rings is 1. The maximum Gasteiger partial charge on any atom is 0.332 e. The van der Waals surface area contributed by atoms with E-state index in [1.807, 2.05) is 13.8 Å². The lowest BCUT2D eigenvalue weighted by atomic mass is 10.0. The molecule has 1 fully saturated rings. The lowest BCUT2D eigenvalue weighted by Gasteiger charge is -2.32. The van der Waals surface area contributed by atoms with Gasteiger partial charge in [-0.25, -0.2) is 9.78 Å². The van der Waals surface area contributed by atoms with Crippen molar-refractivity contribution in [2.75, 3.05) is 26.3 Å². The number of carbonyl (C=O) groups is 1. The summed E-state index contributed by atoms with van der Waals surface area (Å²) in [4.78, 5) is 43.8. The third kappa shape index (κ3) is 2.78. The topological polar surface area (TPSA) is 91.4 Å². The van der Waals surface area contributed by atoms with Crippen LogP contribution >= 0.6 is 0 Å². The molecule has 0 saturated carbocycles. The number of hydrogen-bond acceptors (Lipinski definition) is 5. The normalized spacial score (nSPS) is 16.6. The van der Waals surface area contributed by atoms with Gasteiger partial charge in [-0.3, -0.25) is 18.7 Å². The van der Waals surface area contributed by atoms with Crippen molar-refractivity contribution in [3.8, 4) is 0 Å². The van der Waals surface area contributed by atoms with Gasteiger partial charge in [0.2, 0.25) is 5.91 Å². The molecule has 0 bridgehead atoms. The second-order valence-electron chi connectivity index (χ2n) is 6.66. The van der Waals surface area contributed by atoms with Gasteiger partial charge in [-0.05, 0) is 5.92 Å². The van der Waals surface area contributed by atoms with Gasteiger partial charge >= 0.3 is 5.69 Å². The predicted octanol–water partition coefficient (Wildman–Crippen LogP) is -0.510. The van der Waals surface area contributed by atoms with E-state index >= 15 is 0 Å². The number of nitrogens with zero attached hydrogens (tertiary/aromatic N) is 5. The van der Waals surface area contributed by atoms with Crippen molar-refractivity contribution in [2.45, 2.75) is 19.9 Å². The van der Waals surface area contributed by atoms with Crippen molar-refractivity contribution < 1.29 is 9.53 Å². The summed E-state index contributed by atoms with van der Waals surface area (Å²) in [6, 6.07) is -0.562. The molecule has 1 atom stereocenters. The Morgan fingerprint density at radius 1 is 1.16 bits per heavy atom. The number of rotatable bonds is 3. The molecule has 9 nitrogen and oxygen atoms in total. The fourth-order valence-electron chi connectivity index (χ4n) is 3.27. The fraction of sp³-hybridized carbons (Fsp3) is 0.625. The number of hydrogen-bond donors (Lipinski definition) is 0. The number of fused-ring (bicyclic) bond motifs is 1. The van der Waals surface area contributed by atoms with E-state index in [4.69, 9.17) is 4.74 Å². The molecule has 0 N–H and O–H groups in total. The minimum Gasteiger partial charge on any atom is -0.378 e. The highest BCUT2D eigenvalue weighted by atomic mass is 16.5. The first kappa shape index (κ1) is 17.4. The molecular formula is C16H23N5O4. The van der Waals surface area contributed by atoms with E-state index in [0.29, 0.717) is 26.3 Å². The van der Waals surface area contributed by atoms with E-state index in [2.05, 4.69) is 4.98 Å². The highest BCUT2D eigenvalue weighted by Crippen LogP contribution is 2.24. The quantitative estimate of drug-likeness (QED) is 0.744. The molecule has 0 unspecified atom stereocenters. The highest BCUT2D eigenvalue weighted by molar-refractivity contribution is 5.83. The SMILES string of the molecule is CC(C)[C@H](C(=O)N1CCOCC1)n1cnc2c1c(=O)n(C)c(=O)n2C. The van der Waals surface area contributed by atoms with Crippen molar-refractivity contribution >= 4 is 17.1 Å². The maximum atomic E-state index is 13.1. The summed E-state index contributed by atoms with van der Waals surface area (Å²) in [5.41, 5.74) is -0.335. The standard InChI is InChI=1S/C16H23N5O4/c1-10(2)11(15(23)20-5-7-25-8-6-20)21-9-17-13-12(21)14(22)19(4)16(24)18(13)3/h9-11H,5-8H2,1-4H3/t11-/m1/s1. The summed E-state index contributed by atoms with van der Waals surface area (Å²) >= 11 is 0. The molecule has 1 saturated heterocycles. The number of ether oxygens (including phenoxy) is 1. The number of aryl methyl sites for hydroxylation is 1. The van der Waals surface area contributed by atoms with Crippen molar-refractivity contribution in [1.29, 1.82) is 0 Å². The molecule has 1 amide bonds. The Bertz CT molecular complexity index is 917. The van der Waals surface area contributed by atoms with Gasteiger partial charge in [0, 0.05) is 27.2 Å². The largest absolute Gasteiger partial charge is 0.378 e. The van der Waals surface area contributed by atoms with Crippen molar-refractivity contribution in [2.24, 2.45) is 20.0 Å². The summed E-state index contributed by atoms with van der Waals surface area (Å²) in [5.74, 6) is -0.108. The molecule has 0 spiro atoms. The average Bonchev–Trinajstić information content (AvgIpc) is 3.03. The van der Waals surface area contributed by atoms with Gasteiger partial charge in [-0.15, -0.1) is 0 Å². The Morgan fingerprint density at radius 3 is 2.40 bits per heavy atom. The van der Waals surface area contributed by atoms with E-state index in [0.717, 1.165) is 4.57 Å². The maximum absolute atomic E-state index is 13.1. The minimum absolute atomic E-state index is 0.0466. The van der Waals surface area contributed by atoms with Gasteiger partial charge < -0.3 is 14.2 Å². The van der Waals surface area contributed by atoms with Gasteiger partial charge in [0.25, 0.3) is 5.56 Å². The van der Waals surface area contributed by atoms with E-state index in [-0.39, 0.29) is 23.0 Å². The zero-order valence-electron chi connectivity index (χ0n) is 14.9. The number of carbonyl (C=O) groups excluding carboxylic acids is 1. The van der Waals surface area contributed by atoms with Crippen LogP contribution in [0.5, 0.6) is 0 Å². The monoisotopic (exact) mass is 349 g/mol. The highest BCUT2D eigenvalue weighted by Gasteiger charge is 2.32. The molecule has 0 aliphatic carbocycles. The van der Waals surface area contributed by atoms with E-state index in [9.17, 15) is 14.4 Å². The number of aromatic nitrogens is 4. The third-order valence-electron chi connectivity index (χ3n) is 4.68. The summed E-state index contributed by atoms with van der Waals surface area (Å²) in [6.45, 7) is 5.95. The van der Waals surface area contributed by atoms with Gasteiger partial charge in [-0.1, -0.05) is 13.8 Å². The number of morpholine rings is 1. The first-order valence-corrected chi connectivity index (χ1v) is 8.33. The smallest absolute Gasteiger partial charge is 0.332 e. The van der Waals surface area contributed by atoms with Crippen LogP contribution in [0.3, 0.4) is 0 Å². The molecule has 0 radical (unpaired) electrons. The predicted molar refractivity (Wildman–Crippen MR) is 91.5 cm³/mol. The second-order valence-corrected chi connectivity index (χ2v) is 6.66. The van der Waals surface area contributed by atoms with Crippen LogP contribution in [0, 0.1) is 5.92 Å². The summed E-state index contributed by atoms with van der Waals surface area (Å²) < 4.78 is 9.28. The van der Waals surface area contributed by atoms with Crippen LogP contribution in [0.2, 0.25) is 0 Å². The summed E-state index contributed by atoms with van der Waals surface area (Å²) in [7, 11) is 2.99. The van der Waals surface area contributed by atoms with Gasteiger partial charge in [0.05, 0.1) is 19.5 Å². The van der Waals surface area contributed by atoms with Gasteiger partial charge in [0.1, 0.15) is 6.04 Å². The molecule has 136 valence electrons. The minimum atomic E-state index is -0.562. The fourth-order valence-corrected chi connectivity index (χ4v) is 3.27. The van der Waals surface area contributed by atoms with E-state index < -0.39 is 17.3 Å². The Hall–Kier alpha value is -2.42. The molecule has 2 aromatic heterocycles. The van der Waals surface area contributed by atoms with Crippen molar-refractivity contribution in [1.82, 2.24) is 23.6 Å². The van der Waals surface area contributed by atoms with E-state index in [1.165, 1.54) is 17.9 Å². The summed E-state index contributed by atoms with van der Waals surface area (Å²) in [5, 5.41) is 0. The first-order chi connectivity index (χ1) is 11.8. The van der Waals surface area contributed by atoms with Gasteiger partial charge in [-0.2, -0.15) is 0 Å². The third-order valence-corrected chi connectivity index (χ3v) is 4.68. The Kier molecular flexibility index (Phi) is 4.51. The lowest BCUT2D eigenvalue weighted by Crippen LogP contribution is -2.46. The van der Waals surface area contributed by atoms with Crippen LogP contribution < -0.4 is 11.2 Å². The first-order valence-electron chi connectivity index (χ1n) is 8.33. The molecular weight excluding hydrogens is 326 g/mol. The molecule has 3 rings (SSSR count). The second kappa shape index (κ2) is 6.47. The molecule has 1 aliphatic heterocycles. The van der Waals surface area contributed by atoms with Crippen molar-refractivity contribution in [3.63, 3.8) is 0 Å². The zero-order chi connectivity index (χ0) is 18.3. The van der Waals surface area contributed by atoms with Crippen molar-refractivity contribution in [3.05, 3.63) is 27.2 Å².